The van der Waals surface area contributed by atoms with E-state index < -0.39 is 35.0 Å². The van der Waals surface area contributed by atoms with Gasteiger partial charge in [-0.3, -0.25) is 14.9 Å². The van der Waals surface area contributed by atoms with E-state index in [-0.39, 0.29) is 23.8 Å². The van der Waals surface area contributed by atoms with E-state index in [1.165, 1.54) is 40.4 Å². The Bertz CT molecular complexity index is 1050. The van der Waals surface area contributed by atoms with Gasteiger partial charge in [0.25, 0.3) is 0 Å². The second-order valence-electron chi connectivity index (χ2n) is 7.54. The summed E-state index contributed by atoms with van der Waals surface area (Å²) in [6, 6.07) is 12.3. The van der Waals surface area contributed by atoms with Crippen LogP contribution in [0.4, 0.5) is 5.69 Å². The maximum Gasteiger partial charge on any atom is 0.351 e. The van der Waals surface area contributed by atoms with Gasteiger partial charge in [-0.15, -0.1) is 0 Å². The first-order valence-electron chi connectivity index (χ1n) is 10.7. The van der Waals surface area contributed by atoms with Crippen molar-refractivity contribution in [3.63, 3.8) is 0 Å². The molecule has 0 aliphatic rings. The van der Waals surface area contributed by atoms with E-state index in [0.29, 0.717) is 5.56 Å². The zero-order valence-corrected chi connectivity index (χ0v) is 20.3. The van der Waals surface area contributed by atoms with Crippen molar-refractivity contribution in [3.05, 3.63) is 75.9 Å². The second-order valence-corrected chi connectivity index (χ2v) is 7.54. The molecule has 10 heteroatoms. The maximum atomic E-state index is 12.0. The Morgan fingerprint density at radius 2 is 1.74 bits per heavy atom. The van der Waals surface area contributed by atoms with Crippen molar-refractivity contribution in [3.8, 4) is 11.5 Å². The molecule has 0 bridgehead atoms. The van der Waals surface area contributed by atoms with Gasteiger partial charge in [0, 0.05) is 18.4 Å². The standard InChI is InChI=1S/C25H29NO9/c1-16(11-12-22(25(28)33-5)35-17(2)27)23(34-15-18-9-7-6-8-10-18)20-13-19(31-3)14-21(26(29)30)24(20)32-4/h6-14,16,22-23H,15H2,1-5H3/b12-11+/t16-,22+,23+/m0/s1. The summed E-state index contributed by atoms with van der Waals surface area (Å²) in [5.41, 5.74) is 0.991. The van der Waals surface area contributed by atoms with Crippen LogP contribution in [0.5, 0.6) is 11.5 Å². The highest BCUT2D eigenvalue weighted by atomic mass is 16.6. The molecule has 0 spiro atoms. The van der Waals surface area contributed by atoms with Crippen molar-refractivity contribution < 1.29 is 38.2 Å². The summed E-state index contributed by atoms with van der Waals surface area (Å²) in [6.45, 7) is 3.17. The number of methoxy groups -OCH3 is 3. The Hall–Kier alpha value is -3.92. The van der Waals surface area contributed by atoms with E-state index in [1.54, 1.807) is 19.1 Å². The van der Waals surface area contributed by atoms with Gasteiger partial charge in [0.1, 0.15) is 5.75 Å². The van der Waals surface area contributed by atoms with E-state index in [9.17, 15) is 19.7 Å². The summed E-state index contributed by atoms with van der Waals surface area (Å²) in [5, 5.41) is 11.7. The Balaban J connectivity index is 2.52. The summed E-state index contributed by atoms with van der Waals surface area (Å²) in [4.78, 5) is 34.6. The number of nitrogens with zero attached hydrogens (tertiary/aromatic N) is 1. The average molecular weight is 488 g/mol. The molecule has 3 atom stereocenters. The number of rotatable bonds is 12. The predicted molar refractivity (Wildman–Crippen MR) is 126 cm³/mol. The summed E-state index contributed by atoms with van der Waals surface area (Å²) >= 11 is 0. The fourth-order valence-electron chi connectivity index (χ4n) is 3.42. The quantitative estimate of drug-likeness (QED) is 0.188. The summed E-state index contributed by atoms with van der Waals surface area (Å²) in [5.74, 6) is -1.58. The van der Waals surface area contributed by atoms with Crippen molar-refractivity contribution >= 4 is 17.6 Å². The molecule has 0 heterocycles. The van der Waals surface area contributed by atoms with Crippen LogP contribution in [-0.4, -0.2) is 44.3 Å². The molecule has 0 amide bonds. The fraction of sp³-hybridized carbons (Fsp3) is 0.360. The highest BCUT2D eigenvalue weighted by Gasteiger charge is 2.30. The van der Waals surface area contributed by atoms with Crippen LogP contribution in [0.2, 0.25) is 0 Å². The highest BCUT2D eigenvalue weighted by molar-refractivity contribution is 5.80. The Morgan fingerprint density at radius 3 is 2.29 bits per heavy atom. The molecule has 0 N–H and O–H groups in total. The number of hydrogen-bond donors (Lipinski definition) is 0. The van der Waals surface area contributed by atoms with Gasteiger partial charge >= 0.3 is 17.6 Å². The van der Waals surface area contributed by atoms with E-state index in [1.807, 2.05) is 30.3 Å². The third-order valence-electron chi connectivity index (χ3n) is 5.08. The first-order valence-corrected chi connectivity index (χ1v) is 10.7. The monoisotopic (exact) mass is 487 g/mol. The molecule has 0 unspecified atom stereocenters. The van der Waals surface area contributed by atoms with Crippen molar-refractivity contribution in [2.24, 2.45) is 5.92 Å². The van der Waals surface area contributed by atoms with Crippen LogP contribution in [-0.2, 0) is 30.4 Å². The second kappa shape index (κ2) is 13.1. The van der Waals surface area contributed by atoms with E-state index in [4.69, 9.17) is 23.7 Å². The molecule has 10 nitrogen and oxygen atoms in total. The zero-order chi connectivity index (χ0) is 26.0. The molecule has 0 aliphatic carbocycles. The van der Waals surface area contributed by atoms with Crippen molar-refractivity contribution in [2.75, 3.05) is 21.3 Å². The van der Waals surface area contributed by atoms with Gasteiger partial charge < -0.3 is 23.7 Å². The highest BCUT2D eigenvalue weighted by Crippen LogP contribution is 2.42. The molecule has 0 aromatic heterocycles. The van der Waals surface area contributed by atoms with Gasteiger partial charge in [-0.25, -0.2) is 4.79 Å². The lowest BCUT2D eigenvalue weighted by Crippen LogP contribution is -2.26. The maximum absolute atomic E-state index is 12.0. The summed E-state index contributed by atoms with van der Waals surface area (Å²) < 4.78 is 26.6. The number of carbonyl (C=O) groups excluding carboxylic acids is 2. The van der Waals surface area contributed by atoms with Crippen LogP contribution in [0.15, 0.2) is 54.6 Å². The average Bonchev–Trinajstić information content (AvgIpc) is 2.85. The smallest absolute Gasteiger partial charge is 0.351 e. The molecule has 35 heavy (non-hydrogen) atoms. The Morgan fingerprint density at radius 1 is 1.06 bits per heavy atom. The topological polar surface area (TPSA) is 123 Å². The Kier molecular flexibility index (Phi) is 10.2. The van der Waals surface area contributed by atoms with Crippen LogP contribution in [0, 0.1) is 16.0 Å². The van der Waals surface area contributed by atoms with Gasteiger partial charge in [0.05, 0.1) is 45.0 Å². The molecule has 188 valence electrons. The molecule has 2 aromatic carbocycles. The molecule has 0 saturated carbocycles. The lowest BCUT2D eigenvalue weighted by Gasteiger charge is -2.25. The molecule has 0 aliphatic heterocycles. The number of nitro benzene ring substituents is 1. The van der Waals surface area contributed by atoms with Crippen LogP contribution in [0.25, 0.3) is 0 Å². The Labute approximate surface area is 203 Å². The molecule has 0 radical (unpaired) electrons. The van der Waals surface area contributed by atoms with Gasteiger partial charge in [0.2, 0.25) is 11.9 Å². The number of nitro groups is 1. The molecular formula is C25H29NO9. The molecule has 2 rings (SSSR count). The number of esters is 2. The van der Waals surface area contributed by atoms with Gasteiger partial charge in [-0.2, -0.15) is 0 Å². The van der Waals surface area contributed by atoms with Crippen LogP contribution in [0.3, 0.4) is 0 Å². The molecular weight excluding hydrogens is 458 g/mol. The minimum atomic E-state index is -1.25. The van der Waals surface area contributed by atoms with Crippen molar-refractivity contribution in [1.82, 2.24) is 0 Å². The van der Waals surface area contributed by atoms with E-state index in [0.717, 1.165) is 5.56 Å². The minimum absolute atomic E-state index is 0.0265. The number of ether oxygens (including phenoxy) is 5. The number of benzene rings is 2. The van der Waals surface area contributed by atoms with Crippen LogP contribution < -0.4 is 9.47 Å². The third kappa shape index (κ3) is 7.54. The first-order chi connectivity index (χ1) is 16.7. The van der Waals surface area contributed by atoms with E-state index in [2.05, 4.69) is 0 Å². The lowest BCUT2D eigenvalue weighted by atomic mass is 9.94. The largest absolute Gasteiger partial charge is 0.496 e. The lowest BCUT2D eigenvalue weighted by molar-refractivity contribution is -0.385. The predicted octanol–water partition coefficient (Wildman–Crippen LogP) is 4.17. The van der Waals surface area contributed by atoms with Crippen molar-refractivity contribution in [2.45, 2.75) is 32.7 Å². The first kappa shape index (κ1) is 27.3. The zero-order valence-electron chi connectivity index (χ0n) is 20.3. The summed E-state index contributed by atoms with van der Waals surface area (Å²) in [6.07, 6.45) is 0.991. The van der Waals surface area contributed by atoms with Crippen molar-refractivity contribution in [1.29, 1.82) is 0 Å². The van der Waals surface area contributed by atoms with Gasteiger partial charge in [-0.05, 0) is 17.7 Å². The summed E-state index contributed by atoms with van der Waals surface area (Å²) in [7, 11) is 3.92. The van der Waals surface area contributed by atoms with Crippen LogP contribution in [0.1, 0.15) is 31.1 Å². The van der Waals surface area contributed by atoms with Gasteiger partial charge in [0.15, 0.2) is 0 Å². The SMILES string of the molecule is COC(=O)[C@@H](/C=C/[C@H](C)[C@@H](OCc1ccccc1)c1cc(OC)cc([N+](=O)[O-])c1OC)OC(C)=O. The molecule has 2 aromatic rings. The fourth-order valence-corrected chi connectivity index (χ4v) is 3.42. The third-order valence-corrected chi connectivity index (χ3v) is 5.08. The van der Waals surface area contributed by atoms with E-state index >= 15 is 0 Å². The normalized spacial score (nSPS) is 13.5. The number of carbonyl (C=O) groups is 2. The molecule has 0 fully saturated rings. The van der Waals surface area contributed by atoms with Crippen LogP contribution >= 0.6 is 0 Å². The minimum Gasteiger partial charge on any atom is -0.496 e. The number of hydrogen-bond acceptors (Lipinski definition) is 9. The van der Waals surface area contributed by atoms with Gasteiger partial charge in [-0.1, -0.05) is 43.3 Å². The molecule has 0 saturated heterocycles.